The first-order valence-corrected chi connectivity index (χ1v) is 8.66. The topological polar surface area (TPSA) is 64.6 Å². The van der Waals surface area contributed by atoms with E-state index in [0.29, 0.717) is 25.3 Å². The van der Waals surface area contributed by atoms with Gasteiger partial charge in [-0.25, -0.2) is 0 Å². The molecule has 130 valence electrons. The van der Waals surface area contributed by atoms with Crippen LogP contribution in [0.15, 0.2) is 49.1 Å². The third-order valence-electron chi connectivity index (χ3n) is 4.89. The lowest BCUT2D eigenvalue weighted by atomic mass is 10.1. The fourth-order valence-corrected chi connectivity index (χ4v) is 3.69. The average Bonchev–Trinajstić information content (AvgIpc) is 3.10. The second-order valence-corrected chi connectivity index (χ2v) is 6.43. The predicted octanol–water partition coefficient (Wildman–Crippen LogP) is 2.07. The maximum atomic E-state index is 12.8. The summed E-state index contributed by atoms with van der Waals surface area (Å²) in [6.45, 7) is 1.67. The number of hydrogen-bond donors (Lipinski definition) is 0. The van der Waals surface area contributed by atoms with Crippen molar-refractivity contribution in [2.75, 3.05) is 13.2 Å². The van der Waals surface area contributed by atoms with Gasteiger partial charge in [-0.2, -0.15) is 0 Å². The highest BCUT2D eigenvalue weighted by Gasteiger charge is 2.45. The van der Waals surface area contributed by atoms with Gasteiger partial charge in [0.2, 0.25) is 0 Å². The van der Waals surface area contributed by atoms with E-state index in [9.17, 15) is 4.79 Å². The van der Waals surface area contributed by atoms with E-state index in [1.54, 1.807) is 24.7 Å². The summed E-state index contributed by atoms with van der Waals surface area (Å²) in [7, 11) is 0. The van der Waals surface area contributed by atoms with Crippen LogP contribution in [0.1, 0.15) is 28.8 Å². The van der Waals surface area contributed by atoms with Crippen LogP contribution in [-0.4, -0.2) is 52.2 Å². The van der Waals surface area contributed by atoms with E-state index in [4.69, 9.17) is 9.47 Å². The van der Waals surface area contributed by atoms with Crippen molar-refractivity contribution in [1.29, 1.82) is 0 Å². The fourth-order valence-electron chi connectivity index (χ4n) is 3.69. The second kappa shape index (κ2) is 7.29. The van der Waals surface area contributed by atoms with Crippen molar-refractivity contribution in [3.8, 4) is 0 Å². The van der Waals surface area contributed by atoms with Crippen LogP contribution in [0.2, 0.25) is 0 Å². The smallest absolute Gasteiger partial charge is 0.255 e. The zero-order valence-corrected chi connectivity index (χ0v) is 14.0. The highest BCUT2D eigenvalue weighted by atomic mass is 16.5. The van der Waals surface area contributed by atoms with Gasteiger partial charge in [-0.05, 0) is 36.6 Å². The van der Waals surface area contributed by atoms with Crippen molar-refractivity contribution in [1.82, 2.24) is 14.9 Å². The number of carbonyl (C=O) groups is 1. The number of rotatable bonds is 4. The van der Waals surface area contributed by atoms with Crippen LogP contribution in [0.5, 0.6) is 0 Å². The van der Waals surface area contributed by atoms with Gasteiger partial charge in [0.05, 0.1) is 30.9 Å². The molecule has 1 aliphatic carbocycles. The molecule has 3 atom stereocenters. The highest BCUT2D eigenvalue weighted by molar-refractivity contribution is 5.94. The van der Waals surface area contributed by atoms with Crippen LogP contribution in [0.25, 0.3) is 0 Å². The van der Waals surface area contributed by atoms with Crippen LogP contribution in [0.4, 0.5) is 0 Å². The van der Waals surface area contributed by atoms with Crippen molar-refractivity contribution in [3.63, 3.8) is 0 Å². The van der Waals surface area contributed by atoms with Gasteiger partial charge in [-0.15, -0.1) is 0 Å². The normalized spacial score (nSPS) is 25.6. The molecule has 1 amide bonds. The molecule has 6 nitrogen and oxygen atoms in total. The maximum Gasteiger partial charge on any atom is 0.255 e. The third-order valence-corrected chi connectivity index (χ3v) is 4.89. The van der Waals surface area contributed by atoms with Gasteiger partial charge in [0, 0.05) is 31.3 Å². The second-order valence-electron chi connectivity index (χ2n) is 6.43. The first-order chi connectivity index (χ1) is 12.3. The van der Waals surface area contributed by atoms with Crippen LogP contribution in [0, 0.1) is 0 Å². The molecule has 1 saturated carbocycles. The SMILES string of the molecule is O=C(c1cccnc1)N1CCO[C@H]2[C@H](OCc3cccnc3)CC[C@@H]21. The number of hydrogen-bond acceptors (Lipinski definition) is 5. The van der Waals surface area contributed by atoms with E-state index in [1.165, 1.54) is 0 Å². The van der Waals surface area contributed by atoms with Crippen molar-refractivity contribution in [3.05, 3.63) is 60.2 Å². The van der Waals surface area contributed by atoms with Crippen LogP contribution >= 0.6 is 0 Å². The third kappa shape index (κ3) is 3.41. The Hall–Kier alpha value is -2.31. The van der Waals surface area contributed by atoms with Gasteiger partial charge >= 0.3 is 0 Å². The lowest BCUT2D eigenvalue weighted by molar-refractivity contribution is -0.108. The molecule has 0 unspecified atom stereocenters. The van der Waals surface area contributed by atoms with E-state index in [2.05, 4.69) is 9.97 Å². The molecule has 1 aliphatic heterocycles. The zero-order valence-electron chi connectivity index (χ0n) is 14.0. The number of carbonyl (C=O) groups excluding carboxylic acids is 1. The summed E-state index contributed by atoms with van der Waals surface area (Å²) < 4.78 is 12.0. The Kier molecular flexibility index (Phi) is 4.72. The Morgan fingerprint density at radius 1 is 1.20 bits per heavy atom. The van der Waals surface area contributed by atoms with Gasteiger partial charge in [0.15, 0.2) is 0 Å². The number of pyridine rings is 2. The molecule has 0 spiro atoms. The summed E-state index contributed by atoms with van der Waals surface area (Å²) in [5.74, 6) is 0.0271. The maximum absolute atomic E-state index is 12.8. The Balaban J connectivity index is 1.42. The summed E-state index contributed by atoms with van der Waals surface area (Å²) in [5.41, 5.74) is 1.67. The lowest BCUT2D eigenvalue weighted by Crippen LogP contribution is -2.53. The summed E-state index contributed by atoms with van der Waals surface area (Å²) >= 11 is 0. The van der Waals surface area contributed by atoms with E-state index in [-0.39, 0.29) is 24.2 Å². The van der Waals surface area contributed by atoms with E-state index < -0.39 is 0 Å². The number of amides is 1. The van der Waals surface area contributed by atoms with Crippen molar-refractivity contribution in [2.24, 2.45) is 0 Å². The molecule has 1 saturated heterocycles. The van der Waals surface area contributed by atoms with E-state index in [1.807, 2.05) is 29.3 Å². The molecule has 6 heteroatoms. The molecule has 0 aromatic carbocycles. The largest absolute Gasteiger partial charge is 0.372 e. The molecular formula is C19H21N3O3. The molecule has 2 aromatic rings. The zero-order chi connectivity index (χ0) is 17.1. The van der Waals surface area contributed by atoms with Crippen molar-refractivity contribution < 1.29 is 14.3 Å². The predicted molar refractivity (Wildman–Crippen MR) is 90.8 cm³/mol. The number of nitrogens with zero attached hydrogens (tertiary/aromatic N) is 3. The standard InChI is InChI=1S/C19H21N3O3/c23-19(15-4-2-8-21-12-15)22-9-10-24-18-16(22)5-6-17(18)25-13-14-3-1-7-20-11-14/h1-4,7-8,11-12,16-18H,5-6,9-10,13H2/t16-,17+,18+/m0/s1. The molecule has 2 fully saturated rings. The van der Waals surface area contributed by atoms with Crippen LogP contribution in [-0.2, 0) is 16.1 Å². The number of aromatic nitrogens is 2. The van der Waals surface area contributed by atoms with E-state index in [0.717, 1.165) is 18.4 Å². The minimum Gasteiger partial charge on any atom is -0.372 e. The summed E-state index contributed by atoms with van der Waals surface area (Å²) in [4.78, 5) is 22.9. The molecule has 2 aliphatic rings. The molecule has 2 aromatic heterocycles. The van der Waals surface area contributed by atoms with E-state index >= 15 is 0 Å². The Morgan fingerprint density at radius 3 is 2.80 bits per heavy atom. The summed E-state index contributed by atoms with van der Waals surface area (Å²) in [6.07, 6.45) is 8.60. The number of morpholine rings is 1. The van der Waals surface area contributed by atoms with Crippen molar-refractivity contribution in [2.45, 2.75) is 37.7 Å². The number of fused-ring (bicyclic) bond motifs is 1. The van der Waals surface area contributed by atoms with Gasteiger partial charge < -0.3 is 14.4 Å². The molecule has 0 radical (unpaired) electrons. The molecule has 0 bridgehead atoms. The summed E-state index contributed by atoms with van der Waals surface area (Å²) in [6, 6.07) is 7.58. The summed E-state index contributed by atoms with van der Waals surface area (Å²) in [5, 5.41) is 0. The molecule has 3 heterocycles. The molecule has 4 rings (SSSR count). The van der Waals surface area contributed by atoms with Gasteiger partial charge in [0.25, 0.3) is 5.91 Å². The Bertz CT molecular complexity index is 710. The first kappa shape index (κ1) is 16.2. The minimum atomic E-state index is -0.0638. The molecule has 25 heavy (non-hydrogen) atoms. The molecule has 0 N–H and O–H groups in total. The fraction of sp³-hybridized carbons (Fsp3) is 0.421. The van der Waals surface area contributed by atoms with Gasteiger partial charge in [0.1, 0.15) is 6.10 Å². The minimum absolute atomic E-state index is 0.00899. The molecular weight excluding hydrogens is 318 g/mol. The monoisotopic (exact) mass is 339 g/mol. The Morgan fingerprint density at radius 2 is 2.04 bits per heavy atom. The Labute approximate surface area is 146 Å². The highest BCUT2D eigenvalue weighted by Crippen LogP contribution is 2.33. The number of ether oxygens (including phenoxy) is 2. The quantitative estimate of drug-likeness (QED) is 0.853. The average molecular weight is 339 g/mol. The van der Waals surface area contributed by atoms with Crippen molar-refractivity contribution >= 4 is 5.91 Å². The van der Waals surface area contributed by atoms with Gasteiger partial charge in [-0.3, -0.25) is 14.8 Å². The van der Waals surface area contributed by atoms with Crippen LogP contribution in [0.3, 0.4) is 0 Å². The van der Waals surface area contributed by atoms with Crippen LogP contribution < -0.4 is 0 Å². The van der Waals surface area contributed by atoms with Gasteiger partial charge in [-0.1, -0.05) is 6.07 Å². The lowest BCUT2D eigenvalue weighted by Gasteiger charge is -2.39. The first-order valence-electron chi connectivity index (χ1n) is 8.66.